The van der Waals surface area contributed by atoms with Crippen molar-refractivity contribution in [2.45, 2.75) is 25.2 Å². The third-order valence-electron chi connectivity index (χ3n) is 3.32. The van der Waals surface area contributed by atoms with Crippen LogP contribution in [0.3, 0.4) is 0 Å². The quantitative estimate of drug-likeness (QED) is 0.769. The van der Waals surface area contributed by atoms with Crippen molar-refractivity contribution in [1.29, 1.82) is 0 Å². The number of hydrogen-bond acceptors (Lipinski definition) is 4. The molecule has 0 amide bonds. The van der Waals surface area contributed by atoms with E-state index in [1.54, 1.807) is 7.11 Å². The average Bonchev–Trinajstić information content (AvgIpc) is 2.70. The molecule has 1 aliphatic carbocycles. The Balaban J connectivity index is 2.02. The highest BCUT2D eigenvalue weighted by Crippen LogP contribution is 2.37. The van der Waals surface area contributed by atoms with Crippen LogP contribution in [0.15, 0.2) is 18.2 Å². The SMILES string of the molecule is COc1ccc2c(c1)C(CCOS(C)(=O)=O)CC2. The number of rotatable bonds is 5. The van der Waals surface area contributed by atoms with E-state index in [9.17, 15) is 8.42 Å². The molecule has 4 nitrogen and oxygen atoms in total. The Morgan fingerprint density at radius 1 is 1.39 bits per heavy atom. The number of ether oxygens (including phenoxy) is 1. The fraction of sp³-hybridized carbons (Fsp3) is 0.538. The highest BCUT2D eigenvalue weighted by molar-refractivity contribution is 7.85. The molecule has 0 fully saturated rings. The van der Waals surface area contributed by atoms with E-state index in [1.165, 1.54) is 11.1 Å². The number of hydrogen-bond donors (Lipinski definition) is 0. The smallest absolute Gasteiger partial charge is 0.264 e. The van der Waals surface area contributed by atoms with Crippen molar-refractivity contribution in [2.75, 3.05) is 20.0 Å². The molecule has 2 rings (SSSR count). The summed E-state index contributed by atoms with van der Waals surface area (Å²) in [5.41, 5.74) is 2.60. The van der Waals surface area contributed by atoms with E-state index in [4.69, 9.17) is 8.92 Å². The second-order valence-electron chi connectivity index (χ2n) is 4.62. The largest absolute Gasteiger partial charge is 0.497 e. The lowest BCUT2D eigenvalue weighted by Crippen LogP contribution is -2.07. The van der Waals surface area contributed by atoms with Crippen LogP contribution >= 0.6 is 0 Å². The molecule has 0 spiro atoms. The van der Waals surface area contributed by atoms with E-state index in [2.05, 4.69) is 6.07 Å². The van der Waals surface area contributed by atoms with Crippen molar-refractivity contribution in [1.82, 2.24) is 0 Å². The van der Waals surface area contributed by atoms with Gasteiger partial charge in [-0.2, -0.15) is 8.42 Å². The van der Waals surface area contributed by atoms with E-state index < -0.39 is 10.1 Å². The van der Waals surface area contributed by atoms with Crippen molar-refractivity contribution < 1.29 is 17.3 Å². The average molecular weight is 270 g/mol. The second-order valence-corrected chi connectivity index (χ2v) is 6.26. The Hall–Kier alpha value is -1.07. The molecule has 1 aromatic carbocycles. The standard InChI is InChI=1S/C13H18O4S/c1-16-12-6-5-10-3-4-11(13(10)9-12)7-8-17-18(2,14)15/h5-6,9,11H,3-4,7-8H2,1-2H3. The van der Waals surface area contributed by atoms with Gasteiger partial charge in [0, 0.05) is 0 Å². The summed E-state index contributed by atoms with van der Waals surface area (Å²) in [7, 11) is -1.68. The molecule has 0 bridgehead atoms. The summed E-state index contributed by atoms with van der Waals surface area (Å²) in [4.78, 5) is 0. The number of benzene rings is 1. The Morgan fingerprint density at radius 2 is 2.17 bits per heavy atom. The fourth-order valence-corrected chi connectivity index (χ4v) is 2.83. The number of aryl methyl sites for hydroxylation is 1. The van der Waals surface area contributed by atoms with Crippen LogP contribution in [0.4, 0.5) is 0 Å². The van der Waals surface area contributed by atoms with E-state index in [0.717, 1.165) is 31.3 Å². The normalized spacial score (nSPS) is 18.7. The van der Waals surface area contributed by atoms with E-state index in [1.807, 2.05) is 12.1 Å². The van der Waals surface area contributed by atoms with Crippen molar-refractivity contribution in [2.24, 2.45) is 0 Å². The highest BCUT2D eigenvalue weighted by atomic mass is 32.2. The van der Waals surface area contributed by atoms with Gasteiger partial charge in [-0.05, 0) is 48.4 Å². The first-order valence-electron chi connectivity index (χ1n) is 6.01. The summed E-state index contributed by atoms with van der Waals surface area (Å²) in [5.74, 6) is 1.22. The van der Waals surface area contributed by atoms with Crippen molar-refractivity contribution in [3.05, 3.63) is 29.3 Å². The predicted octanol–water partition coefficient (Wildman–Crippen LogP) is 2.09. The van der Waals surface area contributed by atoms with Gasteiger partial charge in [-0.3, -0.25) is 4.18 Å². The maximum atomic E-state index is 10.9. The zero-order valence-corrected chi connectivity index (χ0v) is 11.5. The lowest BCUT2D eigenvalue weighted by atomic mass is 9.98. The maximum Gasteiger partial charge on any atom is 0.264 e. The second kappa shape index (κ2) is 5.28. The van der Waals surface area contributed by atoms with Gasteiger partial charge in [-0.1, -0.05) is 6.07 Å². The van der Waals surface area contributed by atoms with Crippen molar-refractivity contribution in [3.63, 3.8) is 0 Å². The lowest BCUT2D eigenvalue weighted by molar-refractivity contribution is 0.302. The molecule has 0 aliphatic heterocycles. The fourth-order valence-electron chi connectivity index (χ4n) is 2.43. The molecular weight excluding hydrogens is 252 g/mol. The zero-order chi connectivity index (χ0) is 13.2. The number of methoxy groups -OCH3 is 1. The van der Waals surface area contributed by atoms with Gasteiger partial charge in [0.05, 0.1) is 20.0 Å². The van der Waals surface area contributed by atoms with Crippen LogP contribution < -0.4 is 4.74 Å². The van der Waals surface area contributed by atoms with Gasteiger partial charge in [0.2, 0.25) is 0 Å². The van der Waals surface area contributed by atoms with Crippen molar-refractivity contribution in [3.8, 4) is 5.75 Å². The van der Waals surface area contributed by atoms with Crippen molar-refractivity contribution >= 4 is 10.1 Å². The molecule has 1 atom stereocenters. The van der Waals surface area contributed by atoms with Gasteiger partial charge in [-0.15, -0.1) is 0 Å². The van der Waals surface area contributed by atoms with E-state index in [-0.39, 0.29) is 6.61 Å². The minimum absolute atomic E-state index is 0.250. The van der Waals surface area contributed by atoms with Gasteiger partial charge in [-0.25, -0.2) is 0 Å². The van der Waals surface area contributed by atoms with Crippen LogP contribution in [0.1, 0.15) is 29.9 Å². The third kappa shape index (κ3) is 3.23. The summed E-state index contributed by atoms with van der Waals surface area (Å²) in [5, 5.41) is 0. The molecule has 0 heterocycles. The van der Waals surface area contributed by atoms with Crippen LogP contribution in [0, 0.1) is 0 Å². The Morgan fingerprint density at radius 3 is 2.83 bits per heavy atom. The molecule has 0 radical (unpaired) electrons. The summed E-state index contributed by atoms with van der Waals surface area (Å²) >= 11 is 0. The summed E-state index contributed by atoms with van der Waals surface area (Å²) < 4.78 is 31.8. The van der Waals surface area contributed by atoms with Crippen LogP contribution in [-0.4, -0.2) is 28.4 Å². The highest BCUT2D eigenvalue weighted by Gasteiger charge is 2.23. The first kappa shape index (κ1) is 13.4. The summed E-state index contributed by atoms with van der Waals surface area (Å²) in [6, 6.07) is 6.10. The topological polar surface area (TPSA) is 52.6 Å². The Bertz CT molecular complexity index is 522. The molecule has 1 aromatic rings. The van der Waals surface area contributed by atoms with Crippen LogP contribution in [-0.2, 0) is 20.7 Å². The molecule has 5 heteroatoms. The van der Waals surface area contributed by atoms with Gasteiger partial charge in [0.15, 0.2) is 0 Å². The lowest BCUT2D eigenvalue weighted by Gasteiger charge is -2.12. The molecule has 0 N–H and O–H groups in total. The molecular formula is C13H18O4S. The van der Waals surface area contributed by atoms with Gasteiger partial charge in [0.1, 0.15) is 5.75 Å². The molecule has 0 saturated heterocycles. The minimum atomic E-state index is -3.33. The first-order chi connectivity index (χ1) is 8.49. The maximum absolute atomic E-state index is 10.9. The van der Waals surface area contributed by atoms with Crippen LogP contribution in [0.2, 0.25) is 0 Å². The molecule has 1 aliphatic rings. The number of fused-ring (bicyclic) bond motifs is 1. The Labute approximate surface area is 108 Å². The van der Waals surface area contributed by atoms with E-state index in [0.29, 0.717) is 5.92 Å². The Kier molecular flexibility index (Phi) is 3.92. The van der Waals surface area contributed by atoms with Gasteiger partial charge in [0.25, 0.3) is 10.1 Å². The summed E-state index contributed by atoms with van der Waals surface area (Å²) in [6.07, 6.45) is 3.91. The monoisotopic (exact) mass is 270 g/mol. The molecule has 100 valence electrons. The molecule has 0 saturated carbocycles. The van der Waals surface area contributed by atoms with Gasteiger partial charge >= 0.3 is 0 Å². The molecule has 18 heavy (non-hydrogen) atoms. The molecule has 0 aromatic heterocycles. The summed E-state index contributed by atoms with van der Waals surface area (Å²) in [6.45, 7) is 0.250. The predicted molar refractivity (Wildman–Crippen MR) is 69.5 cm³/mol. The molecule has 1 unspecified atom stereocenters. The van der Waals surface area contributed by atoms with Crippen LogP contribution in [0.5, 0.6) is 5.75 Å². The van der Waals surface area contributed by atoms with E-state index >= 15 is 0 Å². The zero-order valence-electron chi connectivity index (χ0n) is 10.7. The third-order valence-corrected chi connectivity index (χ3v) is 3.91. The van der Waals surface area contributed by atoms with Gasteiger partial charge < -0.3 is 4.74 Å². The van der Waals surface area contributed by atoms with Crippen LogP contribution in [0.25, 0.3) is 0 Å². The minimum Gasteiger partial charge on any atom is -0.497 e. The first-order valence-corrected chi connectivity index (χ1v) is 7.82.